The van der Waals surface area contributed by atoms with Crippen molar-refractivity contribution in [1.82, 2.24) is 0 Å². The summed E-state index contributed by atoms with van der Waals surface area (Å²) in [5.74, 6) is 0.526. The first kappa shape index (κ1) is 18.9. The van der Waals surface area contributed by atoms with Crippen LogP contribution in [0, 0.1) is 6.92 Å². The summed E-state index contributed by atoms with van der Waals surface area (Å²) in [6.45, 7) is 1.89. The van der Waals surface area contributed by atoms with Crippen LogP contribution in [0.4, 0.5) is 5.69 Å². The van der Waals surface area contributed by atoms with E-state index in [1.165, 1.54) is 7.11 Å². The van der Waals surface area contributed by atoms with Crippen molar-refractivity contribution in [2.24, 2.45) is 0 Å². The van der Waals surface area contributed by atoms with Gasteiger partial charge in [0, 0.05) is 5.56 Å². The minimum atomic E-state index is -3.79. The van der Waals surface area contributed by atoms with Gasteiger partial charge in [0.15, 0.2) is 0 Å². The van der Waals surface area contributed by atoms with Crippen molar-refractivity contribution in [3.8, 4) is 5.75 Å². The van der Waals surface area contributed by atoms with E-state index in [-0.39, 0.29) is 4.90 Å². The van der Waals surface area contributed by atoms with Gasteiger partial charge in [0.05, 0.1) is 17.7 Å². The first-order chi connectivity index (χ1) is 12.9. The second-order valence-corrected chi connectivity index (χ2v) is 7.87. The van der Waals surface area contributed by atoms with Gasteiger partial charge in [-0.05, 0) is 42.8 Å². The standard InChI is InChI=1S/C21H21NO4S/c1-15-8-11-18(12-9-15)27(24,25)22-20-13-10-17(26-2)14-19(20)21(23)16-6-4-3-5-7-16/h3-14,21-23H,1-2H3. The molecule has 3 rings (SSSR count). The average molecular weight is 383 g/mol. The van der Waals surface area contributed by atoms with E-state index in [0.717, 1.165) is 5.56 Å². The maximum Gasteiger partial charge on any atom is 0.261 e. The predicted molar refractivity (Wildman–Crippen MR) is 105 cm³/mol. The molecule has 140 valence electrons. The van der Waals surface area contributed by atoms with E-state index >= 15 is 0 Å². The molecular formula is C21H21NO4S. The number of methoxy groups -OCH3 is 1. The van der Waals surface area contributed by atoms with Gasteiger partial charge < -0.3 is 9.84 Å². The third-order valence-corrected chi connectivity index (χ3v) is 5.63. The Hall–Kier alpha value is -2.83. The molecule has 0 aliphatic rings. The topological polar surface area (TPSA) is 75.6 Å². The Kier molecular flexibility index (Phi) is 5.48. The zero-order valence-corrected chi connectivity index (χ0v) is 15.9. The zero-order valence-electron chi connectivity index (χ0n) is 15.1. The van der Waals surface area contributed by atoms with Crippen LogP contribution in [0.2, 0.25) is 0 Å². The highest BCUT2D eigenvalue weighted by Crippen LogP contribution is 2.33. The average Bonchev–Trinajstić information content (AvgIpc) is 2.68. The molecule has 0 fully saturated rings. The third-order valence-electron chi connectivity index (χ3n) is 4.24. The van der Waals surface area contributed by atoms with Gasteiger partial charge >= 0.3 is 0 Å². The molecule has 0 spiro atoms. The van der Waals surface area contributed by atoms with Gasteiger partial charge in [0.25, 0.3) is 10.0 Å². The molecule has 0 amide bonds. The lowest BCUT2D eigenvalue weighted by molar-refractivity contribution is 0.220. The molecule has 1 atom stereocenters. The van der Waals surface area contributed by atoms with E-state index in [9.17, 15) is 13.5 Å². The summed E-state index contributed by atoms with van der Waals surface area (Å²) in [6, 6.07) is 20.5. The number of sulfonamides is 1. The van der Waals surface area contributed by atoms with Crippen LogP contribution in [-0.4, -0.2) is 20.6 Å². The summed E-state index contributed by atoms with van der Waals surface area (Å²) in [6.07, 6.45) is -1.00. The van der Waals surface area contributed by atoms with Crippen molar-refractivity contribution in [1.29, 1.82) is 0 Å². The number of hydrogen-bond acceptors (Lipinski definition) is 4. The van der Waals surface area contributed by atoms with Crippen LogP contribution < -0.4 is 9.46 Å². The molecule has 0 aromatic heterocycles. The monoisotopic (exact) mass is 383 g/mol. The number of benzene rings is 3. The molecule has 0 heterocycles. The van der Waals surface area contributed by atoms with E-state index in [1.54, 1.807) is 54.6 Å². The predicted octanol–water partition coefficient (Wildman–Crippen LogP) is 3.89. The van der Waals surface area contributed by atoms with Crippen molar-refractivity contribution in [3.05, 3.63) is 89.5 Å². The number of ether oxygens (including phenoxy) is 1. The van der Waals surface area contributed by atoms with Crippen LogP contribution in [0.5, 0.6) is 5.75 Å². The Labute approximate surface area is 159 Å². The Morgan fingerprint density at radius 2 is 1.63 bits per heavy atom. The fourth-order valence-corrected chi connectivity index (χ4v) is 3.81. The Morgan fingerprint density at radius 1 is 0.963 bits per heavy atom. The van der Waals surface area contributed by atoms with E-state index in [0.29, 0.717) is 22.6 Å². The molecule has 6 heteroatoms. The largest absolute Gasteiger partial charge is 0.497 e. The van der Waals surface area contributed by atoms with Gasteiger partial charge in [0.2, 0.25) is 0 Å². The second-order valence-electron chi connectivity index (χ2n) is 6.18. The maximum atomic E-state index is 12.8. The van der Waals surface area contributed by atoms with E-state index in [2.05, 4.69) is 4.72 Å². The molecule has 2 N–H and O–H groups in total. The van der Waals surface area contributed by atoms with Crippen LogP contribution in [0.25, 0.3) is 0 Å². The van der Waals surface area contributed by atoms with Gasteiger partial charge in [-0.2, -0.15) is 0 Å². The van der Waals surface area contributed by atoms with Gasteiger partial charge in [-0.15, -0.1) is 0 Å². The lowest BCUT2D eigenvalue weighted by Gasteiger charge is -2.18. The number of rotatable bonds is 6. The second kappa shape index (κ2) is 7.82. The quantitative estimate of drug-likeness (QED) is 0.677. The van der Waals surface area contributed by atoms with E-state index in [4.69, 9.17) is 4.74 Å². The summed E-state index contributed by atoms with van der Waals surface area (Å²) in [5.41, 5.74) is 2.34. The van der Waals surface area contributed by atoms with E-state index in [1.807, 2.05) is 25.1 Å². The Morgan fingerprint density at radius 3 is 2.26 bits per heavy atom. The minimum Gasteiger partial charge on any atom is -0.497 e. The lowest BCUT2D eigenvalue weighted by Crippen LogP contribution is -2.15. The Balaban J connectivity index is 2.01. The van der Waals surface area contributed by atoms with Crippen molar-refractivity contribution >= 4 is 15.7 Å². The minimum absolute atomic E-state index is 0.157. The van der Waals surface area contributed by atoms with Crippen molar-refractivity contribution in [2.45, 2.75) is 17.9 Å². The van der Waals surface area contributed by atoms with Crippen LogP contribution in [0.1, 0.15) is 22.8 Å². The molecule has 0 radical (unpaired) electrons. The molecule has 27 heavy (non-hydrogen) atoms. The molecule has 3 aromatic carbocycles. The van der Waals surface area contributed by atoms with Crippen LogP contribution in [0.3, 0.4) is 0 Å². The summed E-state index contributed by atoms with van der Waals surface area (Å²) in [4.78, 5) is 0.157. The number of nitrogens with one attached hydrogen (secondary N) is 1. The highest BCUT2D eigenvalue weighted by atomic mass is 32.2. The van der Waals surface area contributed by atoms with Crippen LogP contribution in [-0.2, 0) is 10.0 Å². The number of anilines is 1. The first-order valence-corrected chi connectivity index (χ1v) is 9.89. The molecule has 0 saturated heterocycles. The third kappa shape index (κ3) is 4.30. The normalized spacial score (nSPS) is 12.4. The fourth-order valence-electron chi connectivity index (χ4n) is 2.72. The number of aryl methyl sites for hydroxylation is 1. The highest BCUT2D eigenvalue weighted by molar-refractivity contribution is 7.92. The molecule has 5 nitrogen and oxygen atoms in total. The van der Waals surface area contributed by atoms with Gasteiger partial charge in [-0.25, -0.2) is 8.42 Å². The van der Waals surface area contributed by atoms with Gasteiger partial charge in [-0.1, -0.05) is 48.0 Å². The molecule has 3 aromatic rings. The maximum absolute atomic E-state index is 12.8. The van der Waals surface area contributed by atoms with Crippen molar-refractivity contribution in [3.63, 3.8) is 0 Å². The Bertz CT molecular complexity index is 1020. The van der Waals surface area contributed by atoms with Gasteiger partial charge in [-0.3, -0.25) is 4.72 Å². The molecule has 1 unspecified atom stereocenters. The molecule has 0 aliphatic carbocycles. The molecule has 0 saturated carbocycles. The molecule has 0 bridgehead atoms. The summed E-state index contributed by atoms with van der Waals surface area (Å²) in [7, 11) is -2.27. The van der Waals surface area contributed by atoms with Gasteiger partial charge in [0.1, 0.15) is 11.9 Å². The molecule has 0 aliphatic heterocycles. The van der Waals surface area contributed by atoms with E-state index < -0.39 is 16.1 Å². The summed E-state index contributed by atoms with van der Waals surface area (Å²) < 4.78 is 33.3. The number of aliphatic hydroxyl groups excluding tert-OH is 1. The lowest BCUT2D eigenvalue weighted by atomic mass is 10.00. The van der Waals surface area contributed by atoms with Crippen molar-refractivity contribution in [2.75, 3.05) is 11.8 Å². The summed E-state index contributed by atoms with van der Waals surface area (Å²) in [5, 5.41) is 10.8. The smallest absolute Gasteiger partial charge is 0.261 e. The van der Waals surface area contributed by atoms with Crippen LogP contribution >= 0.6 is 0 Å². The zero-order chi connectivity index (χ0) is 19.4. The van der Waals surface area contributed by atoms with Crippen LogP contribution in [0.15, 0.2) is 77.7 Å². The van der Waals surface area contributed by atoms with Crippen molar-refractivity contribution < 1.29 is 18.3 Å². The number of hydrogen-bond donors (Lipinski definition) is 2. The molecular weight excluding hydrogens is 362 g/mol. The number of aliphatic hydroxyl groups is 1. The SMILES string of the molecule is COc1ccc(NS(=O)(=O)c2ccc(C)cc2)c(C(O)c2ccccc2)c1. The highest BCUT2D eigenvalue weighted by Gasteiger charge is 2.20. The summed E-state index contributed by atoms with van der Waals surface area (Å²) >= 11 is 0. The first-order valence-electron chi connectivity index (χ1n) is 8.41. The fraction of sp³-hybridized carbons (Fsp3) is 0.143.